The van der Waals surface area contributed by atoms with Gasteiger partial charge >= 0.3 is 12.1 Å². The van der Waals surface area contributed by atoms with Gasteiger partial charge in [-0.1, -0.05) is 23.7 Å². The smallest absolute Gasteiger partial charge is 0.416 e. The Kier molecular flexibility index (Phi) is 8.51. The SMILES string of the molecule is COC(=O)c1c(CN2CCC(N3CCOCC3)CC2)c(-c2cccc(C(F)(F)F)c2)nc2cc(OC)c(Cl)cc12. The van der Waals surface area contributed by atoms with E-state index in [1.54, 1.807) is 18.2 Å². The molecule has 7 nitrogen and oxygen atoms in total. The van der Waals surface area contributed by atoms with Gasteiger partial charge in [-0.15, -0.1) is 0 Å². The number of carbonyl (C=O) groups is 1. The lowest BCUT2D eigenvalue weighted by Crippen LogP contribution is -2.48. The van der Waals surface area contributed by atoms with Gasteiger partial charge in [-0.25, -0.2) is 9.78 Å². The molecular weight excluding hydrogens is 547 g/mol. The fourth-order valence-corrected chi connectivity index (χ4v) is 5.88. The number of likely N-dealkylation sites (tertiary alicyclic amines) is 1. The highest BCUT2D eigenvalue weighted by atomic mass is 35.5. The topological polar surface area (TPSA) is 64.1 Å². The van der Waals surface area contributed by atoms with Crippen molar-refractivity contribution in [2.75, 3.05) is 53.6 Å². The summed E-state index contributed by atoms with van der Waals surface area (Å²) in [6.07, 6.45) is -2.65. The lowest BCUT2D eigenvalue weighted by molar-refractivity contribution is -0.137. The third kappa shape index (κ3) is 5.90. The Labute approximate surface area is 235 Å². The summed E-state index contributed by atoms with van der Waals surface area (Å²) in [4.78, 5) is 22.7. The van der Waals surface area contributed by atoms with Crippen molar-refractivity contribution in [3.63, 3.8) is 0 Å². The summed E-state index contributed by atoms with van der Waals surface area (Å²) in [7, 11) is 2.73. The molecular formula is C29H31ClF3N3O4. The van der Waals surface area contributed by atoms with Crippen molar-refractivity contribution in [1.82, 2.24) is 14.8 Å². The van der Waals surface area contributed by atoms with Crippen molar-refractivity contribution in [3.8, 4) is 17.0 Å². The zero-order valence-electron chi connectivity index (χ0n) is 22.4. The van der Waals surface area contributed by atoms with Gasteiger partial charge in [-0.05, 0) is 44.1 Å². The molecule has 214 valence electrons. The van der Waals surface area contributed by atoms with Crippen LogP contribution in [0.4, 0.5) is 13.2 Å². The monoisotopic (exact) mass is 577 g/mol. The van der Waals surface area contributed by atoms with Gasteiger partial charge < -0.3 is 14.2 Å². The van der Waals surface area contributed by atoms with E-state index >= 15 is 0 Å². The molecule has 1 aromatic heterocycles. The van der Waals surface area contributed by atoms with Gasteiger partial charge in [0.15, 0.2) is 0 Å². The molecule has 40 heavy (non-hydrogen) atoms. The summed E-state index contributed by atoms with van der Waals surface area (Å²) in [6.45, 7) is 5.15. The number of piperidine rings is 1. The number of alkyl halides is 3. The maximum absolute atomic E-state index is 13.7. The van der Waals surface area contributed by atoms with Gasteiger partial charge in [-0.2, -0.15) is 13.2 Å². The van der Waals surface area contributed by atoms with Crippen molar-refractivity contribution >= 4 is 28.5 Å². The number of rotatable bonds is 6. The number of fused-ring (bicyclic) bond motifs is 1. The molecule has 0 saturated carbocycles. The summed E-state index contributed by atoms with van der Waals surface area (Å²) in [5.41, 5.74) is 0.860. The number of carbonyl (C=O) groups excluding carboxylic acids is 1. The summed E-state index contributed by atoms with van der Waals surface area (Å²) in [6, 6.07) is 8.64. The van der Waals surface area contributed by atoms with E-state index in [2.05, 4.69) is 9.80 Å². The maximum atomic E-state index is 13.7. The van der Waals surface area contributed by atoms with Crippen LogP contribution in [-0.4, -0.2) is 80.4 Å². The molecule has 0 spiro atoms. The second-order valence-corrected chi connectivity index (χ2v) is 10.5. The Morgan fingerprint density at radius 3 is 2.48 bits per heavy atom. The first-order chi connectivity index (χ1) is 19.2. The summed E-state index contributed by atoms with van der Waals surface area (Å²) < 4.78 is 57.0. The third-order valence-corrected chi connectivity index (χ3v) is 8.01. The zero-order valence-corrected chi connectivity index (χ0v) is 23.1. The molecule has 0 radical (unpaired) electrons. The lowest BCUT2D eigenvalue weighted by Gasteiger charge is -2.40. The van der Waals surface area contributed by atoms with Gasteiger partial charge in [-0.3, -0.25) is 9.80 Å². The van der Waals surface area contributed by atoms with Crippen LogP contribution < -0.4 is 4.74 Å². The zero-order chi connectivity index (χ0) is 28.4. The van der Waals surface area contributed by atoms with Crippen molar-refractivity contribution < 1.29 is 32.2 Å². The van der Waals surface area contributed by atoms with Crippen LogP contribution in [0, 0.1) is 0 Å². The van der Waals surface area contributed by atoms with Crippen molar-refractivity contribution in [3.05, 3.63) is 58.1 Å². The molecule has 2 fully saturated rings. The molecule has 0 N–H and O–H groups in total. The van der Waals surface area contributed by atoms with Crippen LogP contribution in [0.1, 0.15) is 34.3 Å². The minimum Gasteiger partial charge on any atom is -0.495 e. The largest absolute Gasteiger partial charge is 0.495 e. The molecule has 0 atom stereocenters. The molecule has 5 rings (SSSR count). The Morgan fingerprint density at radius 1 is 1.10 bits per heavy atom. The van der Waals surface area contributed by atoms with E-state index in [0.29, 0.717) is 40.5 Å². The normalized spacial score (nSPS) is 17.8. The second-order valence-electron chi connectivity index (χ2n) is 10.0. The highest BCUT2D eigenvalue weighted by Crippen LogP contribution is 2.38. The summed E-state index contributed by atoms with van der Waals surface area (Å²) in [5.74, 6) is -0.273. The van der Waals surface area contributed by atoms with E-state index in [1.165, 1.54) is 20.3 Å². The Morgan fingerprint density at radius 2 is 1.82 bits per heavy atom. The lowest BCUT2D eigenvalue weighted by atomic mass is 9.94. The average Bonchev–Trinajstić information content (AvgIpc) is 2.96. The van der Waals surface area contributed by atoms with Crippen LogP contribution in [0.3, 0.4) is 0 Å². The molecule has 3 heterocycles. The number of esters is 1. The Balaban J connectivity index is 1.60. The molecule has 2 aliphatic heterocycles. The standard InChI is InChI=1S/C29H31ClF3N3O4/c1-38-25-16-24-21(15-23(25)30)26(28(37)39-2)22(27(34-24)18-4-3-5-19(14-18)29(31,32)33)17-35-8-6-20(7-9-35)36-10-12-40-13-11-36/h3-5,14-16,20H,6-13,17H2,1-2H3. The molecule has 3 aromatic rings. The summed E-state index contributed by atoms with van der Waals surface area (Å²) in [5, 5.41) is 0.734. The number of methoxy groups -OCH3 is 2. The number of aromatic nitrogens is 1. The maximum Gasteiger partial charge on any atom is 0.416 e. The van der Waals surface area contributed by atoms with Gasteiger partial charge in [0, 0.05) is 48.3 Å². The van der Waals surface area contributed by atoms with Crippen molar-refractivity contribution in [2.45, 2.75) is 31.6 Å². The van der Waals surface area contributed by atoms with E-state index in [1.807, 2.05) is 0 Å². The van der Waals surface area contributed by atoms with Crippen LogP contribution in [0.5, 0.6) is 5.75 Å². The van der Waals surface area contributed by atoms with Gasteiger partial charge in [0.25, 0.3) is 0 Å². The molecule has 0 unspecified atom stereocenters. The predicted octanol–water partition coefficient (Wildman–Crippen LogP) is 5.67. The van der Waals surface area contributed by atoms with E-state index < -0.39 is 17.7 Å². The van der Waals surface area contributed by atoms with Gasteiger partial charge in [0.1, 0.15) is 5.75 Å². The molecule has 2 aromatic carbocycles. The van der Waals surface area contributed by atoms with E-state index in [9.17, 15) is 18.0 Å². The van der Waals surface area contributed by atoms with E-state index in [0.717, 1.165) is 64.4 Å². The first-order valence-electron chi connectivity index (χ1n) is 13.2. The van der Waals surface area contributed by atoms with Crippen molar-refractivity contribution in [1.29, 1.82) is 0 Å². The van der Waals surface area contributed by atoms with Crippen molar-refractivity contribution in [2.24, 2.45) is 0 Å². The number of ether oxygens (including phenoxy) is 3. The number of benzene rings is 2. The first kappa shape index (κ1) is 28.6. The fourth-order valence-electron chi connectivity index (χ4n) is 5.64. The molecule has 2 aliphatic rings. The second kappa shape index (κ2) is 11.9. The number of pyridine rings is 1. The van der Waals surface area contributed by atoms with Crippen LogP contribution in [-0.2, 0) is 22.2 Å². The van der Waals surface area contributed by atoms with Crippen LogP contribution in [0.15, 0.2) is 36.4 Å². The van der Waals surface area contributed by atoms with E-state index in [4.69, 9.17) is 30.8 Å². The van der Waals surface area contributed by atoms with Crippen LogP contribution in [0.25, 0.3) is 22.2 Å². The predicted molar refractivity (Wildman–Crippen MR) is 146 cm³/mol. The van der Waals surface area contributed by atoms with Gasteiger partial charge in [0.05, 0.1) is 54.8 Å². The Bertz CT molecular complexity index is 1390. The first-order valence-corrected chi connectivity index (χ1v) is 13.6. The fraction of sp³-hybridized carbons (Fsp3) is 0.448. The highest BCUT2D eigenvalue weighted by Gasteiger charge is 2.32. The number of hydrogen-bond donors (Lipinski definition) is 0. The molecule has 0 amide bonds. The number of nitrogens with zero attached hydrogens (tertiary/aromatic N) is 3. The van der Waals surface area contributed by atoms with Crippen LogP contribution >= 0.6 is 11.6 Å². The average molecular weight is 578 g/mol. The van der Waals surface area contributed by atoms with Gasteiger partial charge in [0.2, 0.25) is 0 Å². The molecule has 0 aliphatic carbocycles. The summed E-state index contributed by atoms with van der Waals surface area (Å²) >= 11 is 6.43. The molecule has 0 bridgehead atoms. The quantitative estimate of drug-likeness (QED) is 0.350. The highest BCUT2D eigenvalue weighted by molar-refractivity contribution is 6.33. The minimum absolute atomic E-state index is 0.236. The van der Waals surface area contributed by atoms with Crippen LogP contribution in [0.2, 0.25) is 5.02 Å². The number of morpholine rings is 1. The Hall–Kier alpha value is -2.92. The minimum atomic E-state index is -4.53. The third-order valence-electron chi connectivity index (χ3n) is 7.71. The molecule has 11 heteroatoms. The number of halogens is 4. The molecule has 2 saturated heterocycles. The number of hydrogen-bond acceptors (Lipinski definition) is 7. The van der Waals surface area contributed by atoms with E-state index in [-0.39, 0.29) is 16.1 Å².